The number of aromatic nitrogens is 1. The Kier molecular flexibility index (Phi) is 7.07. The van der Waals surface area contributed by atoms with E-state index in [4.69, 9.17) is 14.0 Å². The van der Waals surface area contributed by atoms with Gasteiger partial charge in [-0.25, -0.2) is 5.48 Å². The van der Waals surface area contributed by atoms with Crippen molar-refractivity contribution in [3.05, 3.63) is 78.0 Å². The van der Waals surface area contributed by atoms with Crippen LogP contribution >= 0.6 is 0 Å². The highest BCUT2D eigenvalue weighted by Gasteiger charge is 2.12. The summed E-state index contributed by atoms with van der Waals surface area (Å²) in [5, 5.41) is 1.12. The van der Waals surface area contributed by atoms with Crippen LogP contribution in [0.15, 0.2) is 71.1 Å². The second-order valence-electron chi connectivity index (χ2n) is 7.58. The van der Waals surface area contributed by atoms with E-state index in [1.54, 1.807) is 0 Å². The highest BCUT2D eigenvalue weighted by atomic mass is 16.6. The monoisotopic (exact) mass is 418 g/mol. The molecule has 2 aromatic carbocycles. The smallest absolute Gasteiger partial charge is 0.151 e. The lowest BCUT2D eigenvalue weighted by atomic mass is 10.1. The molecule has 2 heterocycles. The number of ether oxygens (including phenoxy) is 1. The number of hydroxylamine groups is 1. The Hall–Kier alpha value is -3.02. The van der Waals surface area contributed by atoms with Gasteiger partial charge in [-0.2, -0.15) is 0 Å². The molecular formula is C26H30N2O3. The van der Waals surface area contributed by atoms with E-state index in [0.29, 0.717) is 13.2 Å². The first-order chi connectivity index (χ1) is 15.2. The maximum atomic E-state index is 6.07. The SMILES string of the molecule is CCONCCCc1ccc(OCCn2c(C)ccc2-c2cc3ccccc3o2)cc1. The quantitative estimate of drug-likeness (QED) is 0.248. The largest absolute Gasteiger partial charge is 0.492 e. The lowest BCUT2D eigenvalue weighted by molar-refractivity contribution is 0.0505. The number of fused-ring (bicyclic) bond motifs is 1. The van der Waals surface area contributed by atoms with Crippen molar-refractivity contribution in [3.63, 3.8) is 0 Å². The van der Waals surface area contributed by atoms with Gasteiger partial charge in [0.05, 0.1) is 18.8 Å². The molecule has 0 aliphatic carbocycles. The molecule has 0 aliphatic heterocycles. The summed E-state index contributed by atoms with van der Waals surface area (Å²) in [5.74, 6) is 1.78. The van der Waals surface area contributed by atoms with E-state index < -0.39 is 0 Å². The fourth-order valence-corrected chi connectivity index (χ4v) is 3.74. The second-order valence-corrected chi connectivity index (χ2v) is 7.58. The van der Waals surface area contributed by atoms with E-state index in [1.807, 2.05) is 37.3 Å². The summed E-state index contributed by atoms with van der Waals surface area (Å²) in [5.41, 5.74) is 7.43. The Bertz CT molecular complexity index is 1060. The Morgan fingerprint density at radius 1 is 1.00 bits per heavy atom. The number of benzene rings is 2. The summed E-state index contributed by atoms with van der Waals surface area (Å²) < 4.78 is 14.3. The van der Waals surface area contributed by atoms with Gasteiger partial charge in [0.15, 0.2) is 5.76 Å². The molecule has 5 heteroatoms. The van der Waals surface area contributed by atoms with Gasteiger partial charge in [0.2, 0.25) is 0 Å². The Morgan fingerprint density at radius 3 is 2.65 bits per heavy atom. The van der Waals surface area contributed by atoms with Crippen LogP contribution in [0.1, 0.15) is 24.6 Å². The minimum Gasteiger partial charge on any atom is -0.492 e. The third-order valence-corrected chi connectivity index (χ3v) is 5.37. The van der Waals surface area contributed by atoms with E-state index >= 15 is 0 Å². The van der Waals surface area contributed by atoms with Crippen LogP contribution in [0.4, 0.5) is 0 Å². The lowest BCUT2D eigenvalue weighted by Gasteiger charge is -2.12. The molecule has 2 aromatic heterocycles. The van der Waals surface area contributed by atoms with Crippen LogP contribution in [0.5, 0.6) is 5.75 Å². The number of aryl methyl sites for hydroxylation is 2. The molecule has 0 spiro atoms. The van der Waals surface area contributed by atoms with Crippen LogP contribution in [0, 0.1) is 6.92 Å². The zero-order chi connectivity index (χ0) is 21.5. The Balaban J connectivity index is 1.32. The minimum absolute atomic E-state index is 0.598. The zero-order valence-electron chi connectivity index (χ0n) is 18.3. The molecular weight excluding hydrogens is 388 g/mol. The van der Waals surface area contributed by atoms with Gasteiger partial charge in [-0.3, -0.25) is 0 Å². The van der Waals surface area contributed by atoms with Gasteiger partial charge in [0.1, 0.15) is 17.9 Å². The molecule has 0 unspecified atom stereocenters. The van der Waals surface area contributed by atoms with Crippen molar-refractivity contribution in [2.75, 3.05) is 19.8 Å². The normalized spacial score (nSPS) is 11.3. The molecule has 4 rings (SSSR count). The van der Waals surface area contributed by atoms with Crippen LogP contribution in [0.25, 0.3) is 22.4 Å². The Labute approximate surface area is 183 Å². The predicted molar refractivity (Wildman–Crippen MR) is 124 cm³/mol. The molecule has 4 aromatic rings. The van der Waals surface area contributed by atoms with Gasteiger partial charge in [0.25, 0.3) is 0 Å². The average Bonchev–Trinajstić information content (AvgIpc) is 3.38. The first kappa shape index (κ1) is 21.2. The fraction of sp³-hybridized carbons (Fsp3) is 0.308. The molecule has 0 atom stereocenters. The van der Waals surface area contributed by atoms with Gasteiger partial charge in [-0.1, -0.05) is 30.3 Å². The molecule has 162 valence electrons. The third-order valence-electron chi connectivity index (χ3n) is 5.37. The number of furan rings is 1. The van der Waals surface area contributed by atoms with Gasteiger partial charge >= 0.3 is 0 Å². The number of hydrogen-bond acceptors (Lipinski definition) is 4. The second kappa shape index (κ2) is 10.3. The van der Waals surface area contributed by atoms with E-state index in [2.05, 4.69) is 53.4 Å². The van der Waals surface area contributed by atoms with Crippen molar-refractivity contribution in [1.29, 1.82) is 0 Å². The summed E-state index contributed by atoms with van der Waals surface area (Å²) in [6.45, 7) is 6.99. The van der Waals surface area contributed by atoms with Crippen LogP contribution in [0.3, 0.4) is 0 Å². The predicted octanol–water partition coefficient (Wildman–Crippen LogP) is 5.76. The fourth-order valence-electron chi connectivity index (χ4n) is 3.74. The summed E-state index contributed by atoms with van der Waals surface area (Å²) in [7, 11) is 0. The van der Waals surface area contributed by atoms with E-state index in [9.17, 15) is 0 Å². The van der Waals surface area contributed by atoms with Crippen molar-refractivity contribution in [1.82, 2.24) is 10.0 Å². The van der Waals surface area contributed by atoms with Crippen molar-refractivity contribution in [2.24, 2.45) is 0 Å². The first-order valence-electron chi connectivity index (χ1n) is 11.0. The van der Waals surface area contributed by atoms with E-state index in [-0.39, 0.29) is 0 Å². The zero-order valence-corrected chi connectivity index (χ0v) is 18.3. The highest BCUT2D eigenvalue weighted by Crippen LogP contribution is 2.29. The number of rotatable bonds is 11. The van der Waals surface area contributed by atoms with Crippen LogP contribution in [0.2, 0.25) is 0 Å². The average molecular weight is 419 g/mol. The van der Waals surface area contributed by atoms with Crippen LogP contribution in [-0.2, 0) is 17.8 Å². The number of hydrogen-bond donors (Lipinski definition) is 1. The first-order valence-corrected chi connectivity index (χ1v) is 11.0. The molecule has 0 saturated heterocycles. The molecule has 31 heavy (non-hydrogen) atoms. The molecule has 0 amide bonds. The molecule has 1 N–H and O–H groups in total. The maximum absolute atomic E-state index is 6.07. The van der Waals surface area contributed by atoms with Crippen LogP contribution < -0.4 is 10.2 Å². The Morgan fingerprint density at radius 2 is 1.84 bits per heavy atom. The number of nitrogens with zero attached hydrogens (tertiary/aromatic N) is 1. The minimum atomic E-state index is 0.598. The molecule has 0 aliphatic rings. The van der Waals surface area contributed by atoms with E-state index in [0.717, 1.165) is 54.1 Å². The van der Waals surface area contributed by atoms with E-state index in [1.165, 1.54) is 11.3 Å². The van der Waals surface area contributed by atoms with Gasteiger partial charge in [-0.15, -0.1) is 0 Å². The summed E-state index contributed by atoms with van der Waals surface area (Å²) in [6, 6.07) is 22.8. The number of nitrogens with one attached hydrogen (secondary N) is 1. The number of para-hydroxylation sites is 1. The summed E-state index contributed by atoms with van der Waals surface area (Å²) >= 11 is 0. The molecule has 0 fully saturated rings. The van der Waals surface area contributed by atoms with Gasteiger partial charge < -0.3 is 18.6 Å². The van der Waals surface area contributed by atoms with Gasteiger partial charge in [0, 0.05) is 17.6 Å². The van der Waals surface area contributed by atoms with Crippen molar-refractivity contribution >= 4 is 11.0 Å². The molecule has 0 saturated carbocycles. The van der Waals surface area contributed by atoms with Crippen molar-refractivity contribution in [3.8, 4) is 17.2 Å². The third kappa shape index (κ3) is 5.37. The maximum Gasteiger partial charge on any atom is 0.151 e. The van der Waals surface area contributed by atoms with Gasteiger partial charge in [-0.05, 0) is 68.7 Å². The highest BCUT2D eigenvalue weighted by molar-refractivity contribution is 5.82. The van der Waals surface area contributed by atoms with Crippen LogP contribution in [-0.4, -0.2) is 24.3 Å². The molecule has 0 radical (unpaired) electrons. The molecule has 5 nitrogen and oxygen atoms in total. The lowest BCUT2D eigenvalue weighted by Crippen LogP contribution is -2.16. The molecule has 0 bridgehead atoms. The van der Waals surface area contributed by atoms with Crippen molar-refractivity contribution in [2.45, 2.75) is 33.2 Å². The summed E-state index contributed by atoms with van der Waals surface area (Å²) in [4.78, 5) is 5.15. The topological polar surface area (TPSA) is 48.6 Å². The summed E-state index contributed by atoms with van der Waals surface area (Å²) in [6.07, 6.45) is 2.06. The van der Waals surface area contributed by atoms with Crippen molar-refractivity contribution < 1.29 is 14.0 Å². The standard InChI is InChI=1S/C26H30N2O3/c1-3-30-27-16-6-7-21-11-13-23(14-12-21)29-18-17-28-20(2)10-15-24(28)26-19-22-8-4-5-9-25(22)31-26/h4-5,8-15,19,27H,3,6-7,16-18H2,1-2H3.